The van der Waals surface area contributed by atoms with Gasteiger partial charge < -0.3 is 14.8 Å². The first-order valence-electron chi connectivity index (χ1n) is 7.19. The molecular weight excluding hydrogens is 238 g/mol. The summed E-state index contributed by atoms with van der Waals surface area (Å²) >= 11 is 0. The lowest BCUT2D eigenvalue weighted by molar-refractivity contribution is 0.0209. The second kappa shape index (κ2) is 6.92. The van der Waals surface area contributed by atoms with Crippen LogP contribution < -0.4 is 10.1 Å². The lowest BCUT2D eigenvalue weighted by atomic mass is 9.95. The highest BCUT2D eigenvalue weighted by Crippen LogP contribution is 2.26. The van der Waals surface area contributed by atoms with Gasteiger partial charge in [-0.3, -0.25) is 0 Å². The first kappa shape index (κ1) is 14.4. The van der Waals surface area contributed by atoms with Crippen molar-refractivity contribution in [2.45, 2.75) is 50.9 Å². The van der Waals surface area contributed by atoms with Crippen molar-refractivity contribution in [3.63, 3.8) is 0 Å². The van der Waals surface area contributed by atoms with Gasteiger partial charge in [0.15, 0.2) is 0 Å². The molecule has 3 atom stereocenters. The number of benzene rings is 1. The number of methoxy groups -OCH3 is 1. The van der Waals surface area contributed by atoms with Crippen LogP contribution in [0.5, 0.6) is 5.75 Å². The van der Waals surface area contributed by atoms with E-state index < -0.39 is 0 Å². The molecule has 1 saturated carbocycles. The van der Waals surface area contributed by atoms with Crippen molar-refractivity contribution in [1.29, 1.82) is 0 Å². The Morgan fingerprint density at radius 2 is 1.84 bits per heavy atom. The predicted molar refractivity (Wildman–Crippen MR) is 77.6 cm³/mol. The Hall–Kier alpha value is -1.06. The summed E-state index contributed by atoms with van der Waals surface area (Å²) in [7, 11) is 3.77. The topological polar surface area (TPSA) is 30.5 Å². The second-order valence-corrected chi connectivity index (χ2v) is 5.34. The molecule has 19 heavy (non-hydrogen) atoms. The third-order valence-corrected chi connectivity index (χ3v) is 4.03. The largest absolute Gasteiger partial charge is 0.490 e. The quantitative estimate of drug-likeness (QED) is 0.884. The molecule has 1 fully saturated rings. The summed E-state index contributed by atoms with van der Waals surface area (Å²) in [5.41, 5.74) is 1.29. The van der Waals surface area contributed by atoms with Crippen molar-refractivity contribution in [3.05, 3.63) is 29.8 Å². The molecule has 3 nitrogen and oxygen atoms in total. The van der Waals surface area contributed by atoms with Gasteiger partial charge in [0.05, 0.1) is 6.10 Å². The van der Waals surface area contributed by atoms with Crippen LogP contribution in [0.25, 0.3) is 0 Å². The van der Waals surface area contributed by atoms with Crippen molar-refractivity contribution < 1.29 is 9.47 Å². The van der Waals surface area contributed by atoms with E-state index in [0.717, 1.165) is 25.0 Å². The Bertz CT molecular complexity index is 377. The molecule has 0 heterocycles. The van der Waals surface area contributed by atoms with Crippen LogP contribution >= 0.6 is 0 Å². The number of rotatable bonds is 5. The minimum atomic E-state index is 0.297. The number of hydrogen-bond acceptors (Lipinski definition) is 3. The zero-order valence-electron chi connectivity index (χ0n) is 12.2. The van der Waals surface area contributed by atoms with Crippen molar-refractivity contribution in [2.24, 2.45) is 0 Å². The average Bonchev–Trinajstić information content (AvgIpc) is 2.47. The van der Waals surface area contributed by atoms with Crippen molar-refractivity contribution in [3.8, 4) is 5.75 Å². The predicted octanol–water partition coefficient (Wildman–Crippen LogP) is 3.30. The maximum Gasteiger partial charge on any atom is 0.119 e. The molecule has 0 amide bonds. The molecule has 0 saturated heterocycles. The SMILES string of the molecule is CNC(C)c1ccc(OC2CCCC(OC)C2)cc1. The van der Waals surface area contributed by atoms with E-state index in [1.807, 2.05) is 7.05 Å². The highest BCUT2D eigenvalue weighted by atomic mass is 16.5. The number of nitrogens with one attached hydrogen (secondary N) is 1. The maximum atomic E-state index is 6.06. The van der Waals surface area contributed by atoms with E-state index >= 15 is 0 Å². The van der Waals surface area contributed by atoms with Crippen LogP contribution in [-0.4, -0.2) is 26.4 Å². The standard InChI is InChI=1S/C16H25NO2/c1-12(17-2)13-7-9-14(10-8-13)19-16-6-4-5-15(11-16)18-3/h7-10,12,15-17H,4-6,11H2,1-3H3. The Labute approximate surface area is 116 Å². The van der Waals surface area contributed by atoms with E-state index in [4.69, 9.17) is 9.47 Å². The number of ether oxygens (including phenoxy) is 2. The molecule has 3 heteroatoms. The van der Waals surface area contributed by atoms with Crippen LogP contribution in [-0.2, 0) is 4.74 Å². The minimum Gasteiger partial charge on any atom is -0.490 e. The van der Waals surface area contributed by atoms with E-state index in [1.165, 1.54) is 12.0 Å². The Balaban J connectivity index is 1.92. The minimum absolute atomic E-state index is 0.297. The van der Waals surface area contributed by atoms with Crippen LogP contribution in [0.3, 0.4) is 0 Å². The van der Waals surface area contributed by atoms with Gasteiger partial charge in [0.2, 0.25) is 0 Å². The zero-order valence-corrected chi connectivity index (χ0v) is 12.2. The third kappa shape index (κ3) is 3.95. The Kier molecular flexibility index (Phi) is 5.23. The molecule has 1 aromatic carbocycles. The van der Waals surface area contributed by atoms with Gasteiger partial charge in [-0.05, 0) is 50.9 Å². The molecule has 0 spiro atoms. The van der Waals surface area contributed by atoms with Crippen LogP contribution in [0, 0.1) is 0 Å². The van der Waals surface area contributed by atoms with E-state index in [2.05, 4.69) is 36.5 Å². The smallest absolute Gasteiger partial charge is 0.119 e. The highest BCUT2D eigenvalue weighted by molar-refractivity contribution is 5.29. The molecule has 2 rings (SSSR count). The summed E-state index contributed by atoms with van der Waals surface area (Å²) in [6, 6.07) is 8.78. The fourth-order valence-corrected chi connectivity index (χ4v) is 2.62. The summed E-state index contributed by atoms with van der Waals surface area (Å²) in [5, 5.41) is 3.24. The summed E-state index contributed by atoms with van der Waals surface area (Å²) in [4.78, 5) is 0. The van der Waals surface area contributed by atoms with E-state index in [-0.39, 0.29) is 0 Å². The van der Waals surface area contributed by atoms with Gasteiger partial charge in [-0.2, -0.15) is 0 Å². The Morgan fingerprint density at radius 3 is 2.47 bits per heavy atom. The van der Waals surface area contributed by atoms with Crippen molar-refractivity contribution in [1.82, 2.24) is 5.32 Å². The van der Waals surface area contributed by atoms with Crippen LogP contribution in [0.1, 0.15) is 44.2 Å². The first-order valence-corrected chi connectivity index (χ1v) is 7.19. The van der Waals surface area contributed by atoms with Crippen molar-refractivity contribution >= 4 is 0 Å². The lowest BCUT2D eigenvalue weighted by Gasteiger charge is -2.28. The van der Waals surface area contributed by atoms with Gasteiger partial charge in [0, 0.05) is 19.6 Å². The zero-order chi connectivity index (χ0) is 13.7. The summed E-state index contributed by atoms with van der Waals surface area (Å²) in [5.74, 6) is 0.966. The molecule has 1 aliphatic rings. The lowest BCUT2D eigenvalue weighted by Crippen LogP contribution is -2.29. The van der Waals surface area contributed by atoms with E-state index in [0.29, 0.717) is 18.2 Å². The molecule has 0 bridgehead atoms. The van der Waals surface area contributed by atoms with Gasteiger partial charge in [-0.1, -0.05) is 12.1 Å². The van der Waals surface area contributed by atoms with Crippen LogP contribution in [0.4, 0.5) is 0 Å². The van der Waals surface area contributed by atoms with E-state index in [9.17, 15) is 0 Å². The monoisotopic (exact) mass is 263 g/mol. The maximum absolute atomic E-state index is 6.06. The normalized spacial score (nSPS) is 25.0. The highest BCUT2D eigenvalue weighted by Gasteiger charge is 2.22. The van der Waals surface area contributed by atoms with Gasteiger partial charge in [-0.15, -0.1) is 0 Å². The average molecular weight is 263 g/mol. The summed E-state index contributed by atoms with van der Waals surface area (Å²) < 4.78 is 11.5. The molecule has 3 unspecified atom stereocenters. The van der Waals surface area contributed by atoms with Gasteiger partial charge in [-0.25, -0.2) is 0 Å². The number of hydrogen-bond donors (Lipinski definition) is 1. The van der Waals surface area contributed by atoms with Gasteiger partial charge >= 0.3 is 0 Å². The fourth-order valence-electron chi connectivity index (χ4n) is 2.62. The molecule has 0 aromatic heterocycles. The molecule has 1 aliphatic carbocycles. The third-order valence-electron chi connectivity index (χ3n) is 4.03. The van der Waals surface area contributed by atoms with Crippen LogP contribution in [0.15, 0.2) is 24.3 Å². The molecule has 1 N–H and O–H groups in total. The second-order valence-electron chi connectivity index (χ2n) is 5.34. The molecular formula is C16H25NO2. The van der Waals surface area contributed by atoms with E-state index in [1.54, 1.807) is 7.11 Å². The molecule has 1 aromatic rings. The summed E-state index contributed by atoms with van der Waals surface area (Å²) in [6.45, 7) is 2.15. The van der Waals surface area contributed by atoms with Crippen molar-refractivity contribution in [2.75, 3.05) is 14.2 Å². The molecule has 106 valence electrons. The van der Waals surface area contributed by atoms with Gasteiger partial charge in [0.1, 0.15) is 11.9 Å². The fraction of sp³-hybridized carbons (Fsp3) is 0.625. The van der Waals surface area contributed by atoms with Gasteiger partial charge in [0.25, 0.3) is 0 Å². The molecule has 0 radical (unpaired) electrons. The summed E-state index contributed by atoms with van der Waals surface area (Å²) in [6.07, 6.45) is 5.15. The van der Waals surface area contributed by atoms with Crippen LogP contribution in [0.2, 0.25) is 0 Å². The first-order chi connectivity index (χ1) is 9.22. The Morgan fingerprint density at radius 1 is 1.16 bits per heavy atom. The molecule has 0 aliphatic heterocycles.